The average Bonchev–Trinajstić information content (AvgIpc) is 2.72. The summed E-state index contributed by atoms with van der Waals surface area (Å²) in [5, 5.41) is 10.3. The molecule has 0 saturated carbocycles. The Morgan fingerprint density at radius 1 is 1.25 bits per heavy atom. The maximum atomic E-state index is 13.9. The Morgan fingerprint density at radius 3 is 2.69 bits per heavy atom. The molecule has 2 aromatic carbocycles. The molecule has 0 aliphatic carbocycles. The maximum absolute atomic E-state index is 13.9. The van der Waals surface area contributed by atoms with Gasteiger partial charge in [-0.05, 0) is 49.6 Å². The lowest BCUT2D eigenvalue weighted by molar-refractivity contribution is -0.154. The van der Waals surface area contributed by atoms with Gasteiger partial charge in [0.1, 0.15) is 17.1 Å². The highest BCUT2D eigenvalue weighted by atomic mass is 35.5. The van der Waals surface area contributed by atoms with Crippen LogP contribution in [0, 0.1) is 5.92 Å². The third-order valence-electron chi connectivity index (χ3n) is 5.53. The largest absolute Gasteiger partial charge is 0.507 e. The number of halogens is 4. The number of nitrogens with zero attached hydrogens (tertiary/aromatic N) is 1. The van der Waals surface area contributed by atoms with Crippen LogP contribution in [0.2, 0.25) is 5.02 Å². The molecular weight excluding hydrogens is 447 g/mol. The van der Waals surface area contributed by atoms with Gasteiger partial charge in [-0.1, -0.05) is 30.7 Å². The highest BCUT2D eigenvalue weighted by Gasteiger charge is 2.41. The molecular formula is C23H21ClF3NO4. The van der Waals surface area contributed by atoms with Crippen molar-refractivity contribution in [1.82, 2.24) is 4.90 Å². The molecule has 1 atom stereocenters. The van der Waals surface area contributed by atoms with E-state index in [1.807, 2.05) is 4.90 Å². The van der Waals surface area contributed by atoms with Crippen molar-refractivity contribution in [2.24, 2.45) is 5.92 Å². The zero-order valence-corrected chi connectivity index (χ0v) is 18.0. The van der Waals surface area contributed by atoms with E-state index in [9.17, 15) is 23.1 Å². The van der Waals surface area contributed by atoms with E-state index in [0.29, 0.717) is 5.92 Å². The predicted molar refractivity (Wildman–Crippen MR) is 114 cm³/mol. The Bertz CT molecular complexity index is 1210. The molecule has 32 heavy (non-hydrogen) atoms. The van der Waals surface area contributed by atoms with Gasteiger partial charge < -0.3 is 14.3 Å². The van der Waals surface area contributed by atoms with Crippen LogP contribution in [0.1, 0.15) is 31.1 Å². The van der Waals surface area contributed by atoms with E-state index in [2.05, 4.69) is 6.92 Å². The number of phenolic OH excluding ortho intramolecular Hbond substituents is 1. The van der Waals surface area contributed by atoms with E-state index in [1.54, 1.807) is 6.07 Å². The van der Waals surface area contributed by atoms with E-state index < -0.39 is 23.1 Å². The lowest BCUT2D eigenvalue weighted by atomic mass is 9.99. The molecule has 4 rings (SSSR count). The van der Waals surface area contributed by atoms with Gasteiger partial charge in [0.25, 0.3) is 5.76 Å². The van der Waals surface area contributed by atoms with Crippen LogP contribution in [-0.2, 0) is 12.7 Å². The van der Waals surface area contributed by atoms with Crippen molar-refractivity contribution in [3.63, 3.8) is 0 Å². The second-order valence-corrected chi connectivity index (χ2v) is 8.45. The van der Waals surface area contributed by atoms with Gasteiger partial charge >= 0.3 is 6.18 Å². The maximum Gasteiger partial charge on any atom is 0.453 e. The van der Waals surface area contributed by atoms with Gasteiger partial charge in [-0.15, -0.1) is 0 Å². The minimum atomic E-state index is -5.01. The summed E-state index contributed by atoms with van der Waals surface area (Å²) in [7, 11) is 0. The van der Waals surface area contributed by atoms with Gasteiger partial charge in [-0.3, -0.25) is 9.69 Å². The highest BCUT2D eigenvalue weighted by molar-refractivity contribution is 6.32. The van der Waals surface area contributed by atoms with Crippen LogP contribution in [0.25, 0.3) is 11.0 Å². The molecule has 5 nitrogen and oxygen atoms in total. The first-order valence-electron chi connectivity index (χ1n) is 10.2. The van der Waals surface area contributed by atoms with E-state index in [0.717, 1.165) is 25.9 Å². The summed E-state index contributed by atoms with van der Waals surface area (Å²) in [4.78, 5) is 15.1. The lowest BCUT2D eigenvalue weighted by Gasteiger charge is -2.31. The number of fused-ring (bicyclic) bond motifs is 1. The number of aromatic hydroxyl groups is 1. The molecule has 1 saturated heterocycles. The van der Waals surface area contributed by atoms with E-state index in [-0.39, 0.29) is 39.6 Å². The summed E-state index contributed by atoms with van der Waals surface area (Å²) in [6, 6.07) is 8.41. The standard InChI is InChI=1S/C23H21ClF3NO4/c1-13-5-4-10-28(11-13)12-15-17(29)9-8-14-19(30)21(22(23(25,26)27)32-20(14)15)31-18-7-3-2-6-16(18)24/h2-3,6-9,13,29H,4-5,10-12H2,1H3/t13-/m0/s1. The Kier molecular flexibility index (Phi) is 6.09. The zero-order valence-electron chi connectivity index (χ0n) is 17.2. The summed E-state index contributed by atoms with van der Waals surface area (Å²) in [6.07, 6.45) is -3.00. The Morgan fingerprint density at radius 2 is 2.00 bits per heavy atom. The van der Waals surface area contributed by atoms with E-state index in [4.69, 9.17) is 20.8 Å². The lowest BCUT2D eigenvalue weighted by Crippen LogP contribution is -2.33. The first-order valence-corrected chi connectivity index (χ1v) is 10.6. The molecule has 1 fully saturated rings. The van der Waals surface area contributed by atoms with Crippen molar-refractivity contribution in [2.75, 3.05) is 13.1 Å². The monoisotopic (exact) mass is 467 g/mol. The number of para-hydroxylation sites is 1. The minimum Gasteiger partial charge on any atom is -0.507 e. The molecule has 0 spiro atoms. The van der Waals surface area contributed by atoms with Gasteiger partial charge in [-0.25, -0.2) is 0 Å². The number of hydrogen-bond acceptors (Lipinski definition) is 5. The molecule has 0 amide bonds. The summed E-state index contributed by atoms with van der Waals surface area (Å²) in [5.41, 5.74) is -1.15. The smallest absolute Gasteiger partial charge is 0.453 e. The van der Waals surface area contributed by atoms with Gasteiger partial charge in [0.05, 0.1) is 16.0 Å². The molecule has 1 aliphatic rings. The Hall–Kier alpha value is -2.71. The minimum absolute atomic E-state index is 0.0470. The third kappa shape index (κ3) is 4.42. The number of piperidine rings is 1. The van der Waals surface area contributed by atoms with Crippen LogP contribution in [0.4, 0.5) is 13.2 Å². The zero-order chi connectivity index (χ0) is 23.0. The second kappa shape index (κ2) is 8.67. The quantitative estimate of drug-likeness (QED) is 0.495. The molecule has 0 radical (unpaired) electrons. The van der Waals surface area contributed by atoms with Crippen LogP contribution in [-0.4, -0.2) is 23.1 Å². The first kappa shape index (κ1) is 22.5. The van der Waals surface area contributed by atoms with Crippen LogP contribution in [0.15, 0.2) is 45.6 Å². The van der Waals surface area contributed by atoms with Crippen molar-refractivity contribution >= 4 is 22.6 Å². The van der Waals surface area contributed by atoms with Crippen molar-refractivity contribution in [1.29, 1.82) is 0 Å². The van der Waals surface area contributed by atoms with E-state index in [1.165, 1.54) is 30.3 Å². The average molecular weight is 468 g/mol. The summed E-state index contributed by atoms with van der Waals surface area (Å²) >= 11 is 6.00. The molecule has 0 bridgehead atoms. The Labute approximate surface area is 187 Å². The van der Waals surface area contributed by atoms with Crippen molar-refractivity contribution in [2.45, 2.75) is 32.5 Å². The molecule has 2 heterocycles. The topological polar surface area (TPSA) is 62.9 Å². The number of benzene rings is 2. The molecule has 1 aromatic heterocycles. The fourth-order valence-electron chi connectivity index (χ4n) is 4.01. The second-order valence-electron chi connectivity index (χ2n) is 8.04. The number of phenols is 1. The van der Waals surface area contributed by atoms with Crippen molar-refractivity contribution < 1.29 is 27.4 Å². The molecule has 9 heteroatoms. The van der Waals surface area contributed by atoms with E-state index >= 15 is 0 Å². The van der Waals surface area contributed by atoms with Crippen LogP contribution < -0.4 is 10.2 Å². The fourth-order valence-corrected chi connectivity index (χ4v) is 4.18. The molecule has 170 valence electrons. The predicted octanol–water partition coefficient (Wildman–Crippen LogP) is 6.20. The number of ether oxygens (including phenoxy) is 1. The first-order chi connectivity index (χ1) is 15.1. The SMILES string of the molecule is C[C@H]1CCCN(Cc2c(O)ccc3c(=O)c(Oc4ccccc4Cl)c(C(F)(F)F)oc23)C1. The van der Waals surface area contributed by atoms with Crippen LogP contribution in [0.5, 0.6) is 17.2 Å². The molecule has 1 aliphatic heterocycles. The van der Waals surface area contributed by atoms with Crippen LogP contribution in [0.3, 0.4) is 0 Å². The number of rotatable bonds is 4. The summed E-state index contributed by atoms with van der Waals surface area (Å²) < 4.78 is 52.2. The summed E-state index contributed by atoms with van der Waals surface area (Å²) in [6.45, 7) is 3.73. The number of likely N-dealkylation sites (tertiary alicyclic amines) is 1. The van der Waals surface area contributed by atoms with Crippen LogP contribution >= 0.6 is 11.6 Å². The number of alkyl halides is 3. The van der Waals surface area contributed by atoms with Gasteiger partial charge in [-0.2, -0.15) is 13.2 Å². The Balaban J connectivity index is 1.88. The fraction of sp³-hybridized carbons (Fsp3) is 0.348. The highest BCUT2D eigenvalue weighted by Crippen LogP contribution is 2.41. The van der Waals surface area contributed by atoms with Gasteiger partial charge in [0, 0.05) is 13.1 Å². The van der Waals surface area contributed by atoms with Crippen molar-refractivity contribution in [3.05, 3.63) is 63.0 Å². The number of hydrogen-bond donors (Lipinski definition) is 1. The van der Waals surface area contributed by atoms with Gasteiger partial charge in [0.15, 0.2) is 0 Å². The van der Waals surface area contributed by atoms with Crippen molar-refractivity contribution in [3.8, 4) is 17.2 Å². The normalized spacial score (nSPS) is 17.6. The summed E-state index contributed by atoms with van der Waals surface area (Å²) in [5.74, 6) is -2.48. The van der Waals surface area contributed by atoms with Gasteiger partial charge in [0.2, 0.25) is 11.2 Å². The molecule has 3 aromatic rings. The third-order valence-corrected chi connectivity index (χ3v) is 5.84. The molecule has 0 unspecified atom stereocenters. The molecule has 1 N–H and O–H groups in total.